The SMILES string of the molecule is O=C(C[C@H]1Sc2ccc(C(F)(F)F)cc2NC1=O)NCCCN1C(=O)NC2(CCCC2)C1=O. The highest BCUT2D eigenvalue weighted by Crippen LogP contribution is 2.40. The number of benzene rings is 1. The number of fused-ring (bicyclic) bond motifs is 1. The van der Waals surface area contributed by atoms with E-state index in [-0.39, 0.29) is 31.1 Å². The number of nitrogens with one attached hydrogen (secondary N) is 3. The van der Waals surface area contributed by atoms with E-state index >= 15 is 0 Å². The van der Waals surface area contributed by atoms with Gasteiger partial charge in [-0.25, -0.2) is 4.79 Å². The first-order chi connectivity index (χ1) is 15.6. The van der Waals surface area contributed by atoms with Crippen molar-refractivity contribution >= 4 is 41.2 Å². The van der Waals surface area contributed by atoms with Gasteiger partial charge in [-0.2, -0.15) is 13.2 Å². The van der Waals surface area contributed by atoms with Crippen molar-refractivity contribution in [2.45, 2.75) is 60.4 Å². The molecule has 33 heavy (non-hydrogen) atoms. The third-order valence-electron chi connectivity index (χ3n) is 6.08. The van der Waals surface area contributed by atoms with Crippen LogP contribution < -0.4 is 16.0 Å². The van der Waals surface area contributed by atoms with Crippen LogP contribution in [0.2, 0.25) is 0 Å². The van der Waals surface area contributed by atoms with Crippen molar-refractivity contribution in [2.24, 2.45) is 0 Å². The summed E-state index contributed by atoms with van der Waals surface area (Å²) in [5.74, 6) is -1.15. The number of halogens is 3. The van der Waals surface area contributed by atoms with Crippen LogP contribution in [0.3, 0.4) is 0 Å². The molecule has 1 atom stereocenters. The molecule has 0 radical (unpaired) electrons. The number of carbonyl (C=O) groups is 4. The maximum absolute atomic E-state index is 12.9. The average Bonchev–Trinajstić information content (AvgIpc) is 3.30. The van der Waals surface area contributed by atoms with Crippen LogP contribution in [-0.4, -0.2) is 52.5 Å². The van der Waals surface area contributed by atoms with Crippen molar-refractivity contribution in [3.63, 3.8) is 0 Å². The number of alkyl halides is 3. The molecule has 1 spiro atoms. The summed E-state index contributed by atoms with van der Waals surface area (Å²) in [6, 6.07) is 2.69. The largest absolute Gasteiger partial charge is 0.416 e. The third-order valence-corrected chi connectivity index (χ3v) is 7.36. The Bertz CT molecular complexity index is 994. The summed E-state index contributed by atoms with van der Waals surface area (Å²) in [5.41, 5.74) is -1.55. The third kappa shape index (κ3) is 4.80. The van der Waals surface area contributed by atoms with E-state index in [4.69, 9.17) is 0 Å². The Morgan fingerprint density at radius 2 is 1.94 bits per heavy atom. The van der Waals surface area contributed by atoms with Crippen LogP contribution in [0, 0.1) is 0 Å². The first-order valence-electron chi connectivity index (χ1n) is 10.7. The number of urea groups is 1. The molecule has 2 heterocycles. The predicted molar refractivity (Wildman–Crippen MR) is 113 cm³/mol. The summed E-state index contributed by atoms with van der Waals surface area (Å²) < 4.78 is 38.6. The highest BCUT2D eigenvalue weighted by Gasteiger charge is 2.52. The Labute approximate surface area is 192 Å². The number of nitrogens with zero attached hydrogens (tertiary/aromatic N) is 1. The zero-order valence-electron chi connectivity index (χ0n) is 17.6. The number of amides is 5. The molecule has 0 aromatic heterocycles. The van der Waals surface area contributed by atoms with Gasteiger partial charge in [0.05, 0.1) is 16.5 Å². The van der Waals surface area contributed by atoms with Crippen molar-refractivity contribution in [3.8, 4) is 0 Å². The van der Waals surface area contributed by atoms with Gasteiger partial charge in [-0.3, -0.25) is 19.3 Å². The van der Waals surface area contributed by atoms with Crippen LogP contribution in [-0.2, 0) is 20.6 Å². The van der Waals surface area contributed by atoms with Crippen molar-refractivity contribution < 1.29 is 32.3 Å². The molecule has 0 unspecified atom stereocenters. The lowest BCUT2D eigenvalue weighted by Crippen LogP contribution is -2.44. The van der Waals surface area contributed by atoms with Crippen LogP contribution in [0.1, 0.15) is 44.1 Å². The lowest BCUT2D eigenvalue weighted by Gasteiger charge is -2.24. The molecule has 0 bridgehead atoms. The molecule has 2 fully saturated rings. The van der Waals surface area contributed by atoms with E-state index in [1.54, 1.807) is 0 Å². The average molecular weight is 485 g/mol. The number of hydrogen-bond donors (Lipinski definition) is 3. The minimum Gasteiger partial charge on any atom is -0.356 e. The van der Waals surface area contributed by atoms with Crippen LogP contribution in [0.15, 0.2) is 23.1 Å². The molecule has 4 rings (SSSR count). The van der Waals surface area contributed by atoms with Crippen molar-refractivity contribution in [1.82, 2.24) is 15.5 Å². The molecule has 178 valence electrons. The molecule has 1 aromatic rings. The van der Waals surface area contributed by atoms with Gasteiger partial charge in [0.1, 0.15) is 5.54 Å². The van der Waals surface area contributed by atoms with E-state index in [1.807, 2.05) is 0 Å². The molecule has 5 amide bonds. The summed E-state index contributed by atoms with van der Waals surface area (Å²) in [7, 11) is 0. The Balaban J connectivity index is 1.24. The van der Waals surface area contributed by atoms with Gasteiger partial charge in [0.25, 0.3) is 5.91 Å². The number of hydrogen-bond acceptors (Lipinski definition) is 5. The molecule has 1 aromatic carbocycles. The van der Waals surface area contributed by atoms with Crippen LogP contribution in [0.5, 0.6) is 0 Å². The fourth-order valence-electron chi connectivity index (χ4n) is 4.36. The fourth-order valence-corrected chi connectivity index (χ4v) is 5.45. The second-order valence-corrected chi connectivity index (χ2v) is 9.63. The van der Waals surface area contributed by atoms with Gasteiger partial charge in [-0.1, -0.05) is 12.8 Å². The summed E-state index contributed by atoms with van der Waals surface area (Å²) in [5, 5.41) is 7.13. The standard InChI is InChI=1S/C21H23F3N4O4S/c22-21(23,24)12-4-5-14-13(10-12)26-17(30)15(33-14)11-16(29)25-8-3-9-28-18(31)20(27-19(28)32)6-1-2-7-20/h4-5,10,15H,1-3,6-9,11H2,(H,25,29)(H,26,30)(H,27,32)/t15-/m1/s1. The molecule has 3 aliphatic rings. The first-order valence-corrected chi connectivity index (χ1v) is 11.6. The van der Waals surface area contributed by atoms with Gasteiger partial charge in [0.15, 0.2) is 0 Å². The van der Waals surface area contributed by atoms with Crippen LogP contribution >= 0.6 is 11.8 Å². The Morgan fingerprint density at radius 1 is 1.21 bits per heavy atom. The predicted octanol–water partition coefficient (Wildman–Crippen LogP) is 2.88. The van der Waals surface area contributed by atoms with Crippen LogP contribution in [0.25, 0.3) is 0 Å². The summed E-state index contributed by atoms with van der Waals surface area (Å²) in [4.78, 5) is 50.9. The molecule has 12 heteroatoms. The van der Waals surface area contributed by atoms with Crippen LogP contribution in [0.4, 0.5) is 23.7 Å². The maximum Gasteiger partial charge on any atom is 0.416 e. The normalized spacial score (nSPS) is 21.7. The Kier molecular flexibility index (Phi) is 6.30. The van der Waals surface area contributed by atoms with Gasteiger partial charge in [0.2, 0.25) is 11.8 Å². The smallest absolute Gasteiger partial charge is 0.356 e. The fraction of sp³-hybridized carbons (Fsp3) is 0.524. The van der Waals surface area contributed by atoms with Gasteiger partial charge in [-0.05, 0) is 37.5 Å². The van der Waals surface area contributed by atoms with Gasteiger partial charge < -0.3 is 16.0 Å². The van der Waals surface area contributed by atoms with Crippen molar-refractivity contribution in [2.75, 3.05) is 18.4 Å². The van der Waals surface area contributed by atoms with E-state index in [9.17, 15) is 32.3 Å². The minimum atomic E-state index is -4.51. The molecule has 2 aliphatic heterocycles. The summed E-state index contributed by atoms with van der Waals surface area (Å²) >= 11 is 1.04. The molecular weight excluding hydrogens is 461 g/mol. The van der Waals surface area contributed by atoms with E-state index in [2.05, 4.69) is 16.0 Å². The zero-order chi connectivity index (χ0) is 23.8. The summed E-state index contributed by atoms with van der Waals surface area (Å²) in [6.07, 6.45) is -1.21. The second-order valence-electron chi connectivity index (χ2n) is 8.39. The van der Waals surface area contributed by atoms with E-state index < -0.39 is 40.4 Å². The van der Waals surface area contributed by atoms with E-state index in [0.717, 1.165) is 36.7 Å². The Hall–Kier alpha value is -2.76. The number of imide groups is 1. The first kappa shape index (κ1) is 23.4. The van der Waals surface area contributed by atoms with Crippen molar-refractivity contribution in [3.05, 3.63) is 23.8 Å². The molecule has 1 saturated carbocycles. The molecule has 3 N–H and O–H groups in total. The number of thioether (sulfide) groups is 1. The second kappa shape index (κ2) is 8.88. The highest BCUT2D eigenvalue weighted by atomic mass is 32.2. The molecular formula is C21H23F3N4O4S. The van der Waals surface area contributed by atoms with Gasteiger partial charge in [-0.15, -0.1) is 11.8 Å². The van der Waals surface area contributed by atoms with Gasteiger partial charge in [0, 0.05) is 24.4 Å². The minimum absolute atomic E-state index is 0.0741. The quantitative estimate of drug-likeness (QED) is 0.425. The monoisotopic (exact) mass is 484 g/mol. The van der Waals surface area contributed by atoms with E-state index in [0.29, 0.717) is 24.2 Å². The highest BCUT2D eigenvalue weighted by molar-refractivity contribution is 8.01. The zero-order valence-corrected chi connectivity index (χ0v) is 18.4. The molecule has 1 aliphatic carbocycles. The molecule has 1 saturated heterocycles. The van der Waals surface area contributed by atoms with E-state index in [1.165, 1.54) is 11.0 Å². The topological polar surface area (TPSA) is 108 Å². The van der Waals surface area contributed by atoms with Gasteiger partial charge >= 0.3 is 12.2 Å². The number of rotatable bonds is 6. The number of anilines is 1. The summed E-state index contributed by atoms with van der Waals surface area (Å²) in [6.45, 7) is 0.397. The van der Waals surface area contributed by atoms with Crippen molar-refractivity contribution in [1.29, 1.82) is 0 Å². The Morgan fingerprint density at radius 3 is 2.64 bits per heavy atom. The maximum atomic E-state index is 12.9. The molecule has 8 nitrogen and oxygen atoms in total. The lowest BCUT2D eigenvalue weighted by molar-refractivity contribution is -0.137. The number of carbonyl (C=O) groups excluding carboxylic acids is 4. The lowest BCUT2D eigenvalue weighted by atomic mass is 9.98.